The normalized spacial score (nSPS) is 10.3. The van der Waals surface area contributed by atoms with E-state index in [9.17, 15) is 9.59 Å². The van der Waals surface area contributed by atoms with Crippen LogP contribution in [0.4, 0.5) is 0 Å². The number of hydrogen-bond acceptors (Lipinski definition) is 3. The zero-order chi connectivity index (χ0) is 15.2. The SMILES string of the molecule is O=C(O)Cc1ccc(Sc2ccc(CC(=O)O)cc2)cc1. The summed E-state index contributed by atoms with van der Waals surface area (Å²) in [6, 6.07) is 14.7. The smallest absolute Gasteiger partial charge is 0.307 e. The highest BCUT2D eigenvalue weighted by molar-refractivity contribution is 7.99. The van der Waals surface area contributed by atoms with E-state index in [-0.39, 0.29) is 12.8 Å². The van der Waals surface area contributed by atoms with E-state index in [0.29, 0.717) is 0 Å². The van der Waals surface area contributed by atoms with E-state index in [2.05, 4.69) is 0 Å². The quantitative estimate of drug-likeness (QED) is 0.857. The summed E-state index contributed by atoms with van der Waals surface area (Å²) in [5.74, 6) is -1.69. The van der Waals surface area contributed by atoms with Gasteiger partial charge in [0.25, 0.3) is 0 Å². The van der Waals surface area contributed by atoms with Crippen molar-refractivity contribution in [3.8, 4) is 0 Å². The molecule has 0 aliphatic carbocycles. The zero-order valence-electron chi connectivity index (χ0n) is 11.2. The van der Waals surface area contributed by atoms with Crippen molar-refractivity contribution in [2.75, 3.05) is 0 Å². The first-order valence-electron chi connectivity index (χ1n) is 6.32. The van der Waals surface area contributed by atoms with Gasteiger partial charge in [-0.05, 0) is 35.4 Å². The van der Waals surface area contributed by atoms with Gasteiger partial charge in [0.05, 0.1) is 12.8 Å². The number of aliphatic carboxylic acids is 2. The molecule has 0 aromatic heterocycles. The molecule has 2 N–H and O–H groups in total. The van der Waals surface area contributed by atoms with Gasteiger partial charge in [-0.1, -0.05) is 36.0 Å². The second-order valence-corrected chi connectivity index (χ2v) is 5.68. The second-order valence-electron chi connectivity index (χ2n) is 4.53. The lowest BCUT2D eigenvalue weighted by molar-refractivity contribution is -0.137. The number of hydrogen-bond donors (Lipinski definition) is 2. The number of rotatable bonds is 6. The van der Waals surface area contributed by atoms with Gasteiger partial charge in [0.15, 0.2) is 0 Å². The molecule has 2 aromatic carbocycles. The summed E-state index contributed by atoms with van der Waals surface area (Å²) in [4.78, 5) is 23.2. The lowest BCUT2D eigenvalue weighted by Crippen LogP contribution is -1.99. The Morgan fingerprint density at radius 3 is 1.33 bits per heavy atom. The Bertz CT molecular complexity index is 575. The highest BCUT2D eigenvalue weighted by atomic mass is 32.2. The van der Waals surface area contributed by atoms with Crippen molar-refractivity contribution in [2.45, 2.75) is 22.6 Å². The van der Waals surface area contributed by atoms with Crippen molar-refractivity contribution in [3.05, 3.63) is 59.7 Å². The molecule has 21 heavy (non-hydrogen) atoms. The van der Waals surface area contributed by atoms with Crippen LogP contribution in [0.15, 0.2) is 58.3 Å². The highest BCUT2D eigenvalue weighted by Crippen LogP contribution is 2.28. The Labute approximate surface area is 126 Å². The van der Waals surface area contributed by atoms with Crippen LogP contribution in [0.1, 0.15) is 11.1 Å². The van der Waals surface area contributed by atoms with Crippen molar-refractivity contribution in [3.63, 3.8) is 0 Å². The summed E-state index contributed by atoms with van der Waals surface area (Å²) < 4.78 is 0. The molecule has 5 heteroatoms. The monoisotopic (exact) mass is 302 g/mol. The van der Waals surface area contributed by atoms with E-state index in [1.165, 1.54) is 0 Å². The van der Waals surface area contributed by atoms with E-state index < -0.39 is 11.9 Å². The Morgan fingerprint density at radius 1 is 0.714 bits per heavy atom. The van der Waals surface area contributed by atoms with Crippen LogP contribution in [0.3, 0.4) is 0 Å². The van der Waals surface area contributed by atoms with Gasteiger partial charge in [-0.3, -0.25) is 9.59 Å². The van der Waals surface area contributed by atoms with Crippen LogP contribution >= 0.6 is 11.8 Å². The number of carbonyl (C=O) groups is 2. The van der Waals surface area contributed by atoms with E-state index >= 15 is 0 Å². The van der Waals surface area contributed by atoms with E-state index in [4.69, 9.17) is 10.2 Å². The molecule has 108 valence electrons. The summed E-state index contributed by atoms with van der Waals surface area (Å²) in [5.41, 5.74) is 1.53. The topological polar surface area (TPSA) is 74.6 Å². The standard InChI is InChI=1S/C16H14O4S/c17-15(18)9-11-1-5-13(6-2-11)21-14-7-3-12(4-8-14)10-16(19)20/h1-8H,9-10H2,(H,17,18)(H,19,20). The Kier molecular flexibility index (Phi) is 5.00. The van der Waals surface area contributed by atoms with Crippen molar-refractivity contribution in [2.24, 2.45) is 0 Å². The molecule has 4 nitrogen and oxygen atoms in total. The van der Waals surface area contributed by atoms with Gasteiger partial charge >= 0.3 is 11.9 Å². The molecule has 0 fully saturated rings. The first-order valence-corrected chi connectivity index (χ1v) is 7.14. The second kappa shape index (κ2) is 6.95. The van der Waals surface area contributed by atoms with Crippen molar-refractivity contribution >= 4 is 23.7 Å². The van der Waals surface area contributed by atoms with Crippen molar-refractivity contribution < 1.29 is 19.8 Å². The maximum atomic E-state index is 10.6. The van der Waals surface area contributed by atoms with E-state index in [1.807, 2.05) is 24.3 Å². The van der Waals surface area contributed by atoms with Gasteiger partial charge in [0, 0.05) is 9.79 Å². The number of carboxylic acid groups (broad SMARTS) is 2. The van der Waals surface area contributed by atoms with E-state index in [0.717, 1.165) is 20.9 Å². The zero-order valence-corrected chi connectivity index (χ0v) is 12.0. The third-order valence-corrected chi connectivity index (χ3v) is 3.81. The van der Waals surface area contributed by atoms with Gasteiger partial charge < -0.3 is 10.2 Å². The Balaban J connectivity index is 2.01. The van der Waals surface area contributed by atoms with Crippen LogP contribution in [0, 0.1) is 0 Å². The fourth-order valence-electron chi connectivity index (χ4n) is 1.84. The van der Waals surface area contributed by atoms with Gasteiger partial charge in [-0.2, -0.15) is 0 Å². The molecule has 0 heterocycles. The van der Waals surface area contributed by atoms with Crippen LogP contribution in [-0.2, 0) is 22.4 Å². The average Bonchev–Trinajstić information content (AvgIpc) is 2.42. The molecule has 0 saturated heterocycles. The van der Waals surface area contributed by atoms with Crippen LogP contribution in [0.5, 0.6) is 0 Å². The third kappa shape index (κ3) is 4.96. The molecular weight excluding hydrogens is 288 g/mol. The van der Waals surface area contributed by atoms with Crippen molar-refractivity contribution in [1.82, 2.24) is 0 Å². The summed E-state index contributed by atoms with van der Waals surface area (Å²) in [5, 5.41) is 17.4. The highest BCUT2D eigenvalue weighted by Gasteiger charge is 2.03. The fourth-order valence-corrected chi connectivity index (χ4v) is 2.65. The number of carboxylic acids is 2. The summed E-state index contributed by atoms with van der Waals surface area (Å²) in [7, 11) is 0. The summed E-state index contributed by atoms with van der Waals surface area (Å²) >= 11 is 1.55. The minimum atomic E-state index is -0.843. The molecule has 0 amide bonds. The van der Waals surface area contributed by atoms with Gasteiger partial charge in [0.1, 0.15) is 0 Å². The van der Waals surface area contributed by atoms with Crippen LogP contribution in [-0.4, -0.2) is 22.2 Å². The first kappa shape index (κ1) is 15.1. The lowest BCUT2D eigenvalue weighted by Gasteiger charge is -2.04. The van der Waals surface area contributed by atoms with Gasteiger partial charge in [0.2, 0.25) is 0 Å². The minimum Gasteiger partial charge on any atom is -0.481 e. The predicted octanol–water partition coefficient (Wildman–Crippen LogP) is 3.09. The van der Waals surface area contributed by atoms with Crippen LogP contribution < -0.4 is 0 Å². The van der Waals surface area contributed by atoms with Crippen LogP contribution in [0.2, 0.25) is 0 Å². The van der Waals surface area contributed by atoms with Gasteiger partial charge in [-0.25, -0.2) is 0 Å². The van der Waals surface area contributed by atoms with E-state index in [1.54, 1.807) is 36.0 Å². The molecule has 0 unspecified atom stereocenters. The fraction of sp³-hybridized carbons (Fsp3) is 0.125. The predicted molar refractivity (Wildman–Crippen MR) is 79.7 cm³/mol. The van der Waals surface area contributed by atoms with Crippen molar-refractivity contribution in [1.29, 1.82) is 0 Å². The average molecular weight is 302 g/mol. The maximum absolute atomic E-state index is 10.6. The largest absolute Gasteiger partial charge is 0.481 e. The third-order valence-electron chi connectivity index (χ3n) is 2.79. The molecule has 0 aliphatic heterocycles. The molecule has 0 saturated carbocycles. The molecule has 2 aromatic rings. The molecule has 0 aliphatic rings. The molecule has 0 spiro atoms. The maximum Gasteiger partial charge on any atom is 0.307 e. The molecular formula is C16H14O4S. The lowest BCUT2D eigenvalue weighted by atomic mass is 10.1. The molecule has 2 rings (SSSR count). The first-order chi connectivity index (χ1) is 10.0. The minimum absolute atomic E-state index is 0.0227. The Hall–Kier alpha value is -2.27. The summed E-state index contributed by atoms with van der Waals surface area (Å²) in [6.45, 7) is 0. The molecule has 0 atom stereocenters. The Morgan fingerprint density at radius 2 is 1.05 bits per heavy atom. The molecule has 0 bridgehead atoms. The van der Waals surface area contributed by atoms with Crippen LogP contribution in [0.25, 0.3) is 0 Å². The summed E-state index contributed by atoms with van der Waals surface area (Å²) in [6.07, 6.45) is 0.0453. The van der Waals surface area contributed by atoms with Gasteiger partial charge in [-0.15, -0.1) is 0 Å². The molecule has 0 radical (unpaired) electrons. The number of benzene rings is 2.